The molecule has 1 fully saturated rings. The zero-order chi connectivity index (χ0) is 17.9. The zero-order valence-corrected chi connectivity index (χ0v) is 15.8. The van der Waals surface area contributed by atoms with Crippen molar-refractivity contribution in [2.24, 2.45) is 0 Å². The summed E-state index contributed by atoms with van der Waals surface area (Å²) in [6.07, 6.45) is 3.91. The van der Waals surface area contributed by atoms with Crippen molar-refractivity contribution in [1.82, 2.24) is 4.90 Å². The molecule has 0 spiro atoms. The van der Waals surface area contributed by atoms with Crippen LogP contribution in [0.4, 0.5) is 5.69 Å². The molecule has 25 heavy (non-hydrogen) atoms. The summed E-state index contributed by atoms with van der Waals surface area (Å²) in [4.78, 5) is 14.3. The van der Waals surface area contributed by atoms with Gasteiger partial charge in [0.2, 0.25) is 0 Å². The minimum absolute atomic E-state index is 0.0774. The lowest BCUT2D eigenvalue weighted by Gasteiger charge is -2.26. The number of likely N-dealkylation sites (tertiary alicyclic amines) is 1. The van der Waals surface area contributed by atoms with Gasteiger partial charge < -0.3 is 4.90 Å². The van der Waals surface area contributed by atoms with Gasteiger partial charge in [0.25, 0.3) is 15.9 Å². The first-order valence-corrected chi connectivity index (χ1v) is 10.9. The van der Waals surface area contributed by atoms with Crippen LogP contribution in [0.1, 0.15) is 42.1 Å². The Balaban J connectivity index is 1.79. The van der Waals surface area contributed by atoms with Gasteiger partial charge in [-0.1, -0.05) is 25.1 Å². The van der Waals surface area contributed by atoms with E-state index in [0.717, 1.165) is 55.7 Å². The summed E-state index contributed by atoms with van der Waals surface area (Å²) in [5.74, 6) is -0.0774. The molecule has 2 heterocycles. The normalized spacial score (nSPS) is 15.2. The van der Waals surface area contributed by atoms with Crippen LogP contribution < -0.4 is 4.72 Å². The van der Waals surface area contributed by atoms with Crippen LogP contribution in [0.3, 0.4) is 0 Å². The Morgan fingerprint density at radius 2 is 1.92 bits per heavy atom. The van der Waals surface area contributed by atoms with Crippen molar-refractivity contribution >= 4 is 33.0 Å². The second kappa shape index (κ2) is 7.58. The van der Waals surface area contributed by atoms with Crippen LogP contribution in [0.2, 0.25) is 0 Å². The maximum Gasteiger partial charge on any atom is 0.271 e. The van der Waals surface area contributed by atoms with Gasteiger partial charge >= 0.3 is 0 Å². The number of para-hydroxylation sites is 1. The third-order valence-corrected chi connectivity index (χ3v) is 7.18. The SMILES string of the molecule is CCc1ccccc1NS(=O)(=O)c1cc(C(=O)N2CCCCC2)cs1. The first kappa shape index (κ1) is 17.9. The average Bonchev–Trinajstić information content (AvgIpc) is 3.13. The van der Waals surface area contributed by atoms with Gasteiger partial charge in [-0.05, 0) is 43.4 Å². The number of sulfonamides is 1. The Morgan fingerprint density at radius 3 is 2.64 bits per heavy atom. The Bertz CT molecular complexity index is 853. The van der Waals surface area contributed by atoms with E-state index in [4.69, 9.17) is 0 Å². The minimum atomic E-state index is -3.69. The highest BCUT2D eigenvalue weighted by atomic mass is 32.2. The molecule has 0 atom stereocenters. The number of carbonyl (C=O) groups excluding carboxylic acids is 1. The van der Waals surface area contributed by atoms with E-state index >= 15 is 0 Å². The number of aryl methyl sites for hydroxylation is 1. The minimum Gasteiger partial charge on any atom is -0.339 e. The third-order valence-electron chi connectivity index (χ3n) is 4.37. The number of nitrogens with zero attached hydrogens (tertiary/aromatic N) is 1. The van der Waals surface area contributed by atoms with E-state index < -0.39 is 10.0 Å². The summed E-state index contributed by atoms with van der Waals surface area (Å²) >= 11 is 1.08. The fourth-order valence-electron chi connectivity index (χ4n) is 2.97. The third kappa shape index (κ3) is 4.04. The van der Waals surface area contributed by atoms with E-state index in [1.165, 1.54) is 6.07 Å². The van der Waals surface area contributed by atoms with Crippen LogP contribution >= 0.6 is 11.3 Å². The van der Waals surface area contributed by atoms with Crippen LogP contribution in [0.15, 0.2) is 39.9 Å². The van der Waals surface area contributed by atoms with Gasteiger partial charge in [0.1, 0.15) is 4.21 Å². The molecule has 3 rings (SSSR count). The largest absolute Gasteiger partial charge is 0.339 e. The maximum absolute atomic E-state index is 12.7. The van der Waals surface area contributed by atoms with Gasteiger partial charge in [0.05, 0.1) is 11.3 Å². The van der Waals surface area contributed by atoms with Gasteiger partial charge in [-0.25, -0.2) is 8.42 Å². The summed E-state index contributed by atoms with van der Waals surface area (Å²) in [6, 6.07) is 8.83. The lowest BCUT2D eigenvalue weighted by atomic mass is 10.1. The first-order chi connectivity index (χ1) is 12.0. The fourth-order valence-corrected chi connectivity index (χ4v) is 5.23. The van der Waals surface area contributed by atoms with E-state index in [2.05, 4.69) is 4.72 Å². The zero-order valence-electron chi connectivity index (χ0n) is 14.2. The summed E-state index contributed by atoms with van der Waals surface area (Å²) in [7, 11) is -3.69. The lowest BCUT2D eigenvalue weighted by molar-refractivity contribution is 0.0725. The van der Waals surface area contributed by atoms with Gasteiger partial charge in [-0.2, -0.15) is 0 Å². The second-order valence-corrected chi connectivity index (χ2v) is 8.94. The van der Waals surface area contributed by atoms with E-state index in [-0.39, 0.29) is 10.1 Å². The number of amides is 1. The fraction of sp³-hybridized carbons (Fsp3) is 0.389. The Morgan fingerprint density at radius 1 is 1.20 bits per heavy atom. The molecule has 0 bridgehead atoms. The number of rotatable bonds is 5. The average molecular weight is 379 g/mol. The van der Waals surface area contributed by atoms with Crippen molar-refractivity contribution in [2.45, 2.75) is 36.8 Å². The number of carbonyl (C=O) groups is 1. The summed E-state index contributed by atoms with van der Waals surface area (Å²) < 4.78 is 28.1. The van der Waals surface area contributed by atoms with E-state index in [1.807, 2.05) is 24.0 Å². The van der Waals surface area contributed by atoms with Gasteiger partial charge in [-0.15, -0.1) is 11.3 Å². The summed E-state index contributed by atoms with van der Waals surface area (Å²) in [5.41, 5.74) is 1.98. The number of benzene rings is 1. The van der Waals surface area contributed by atoms with Crippen LogP contribution in [0, 0.1) is 0 Å². The topological polar surface area (TPSA) is 66.5 Å². The van der Waals surface area contributed by atoms with Crippen molar-refractivity contribution < 1.29 is 13.2 Å². The van der Waals surface area contributed by atoms with Crippen molar-refractivity contribution in [3.63, 3.8) is 0 Å². The molecule has 0 radical (unpaired) electrons. The van der Waals surface area contributed by atoms with Crippen molar-refractivity contribution in [3.8, 4) is 0 Å². The predicted molar refractivity (Wildman–Crippen MR) is 101 cm³/mol. The Kier molecular flexibility index (Phi) is 5.44. The number of hydrogen-bond donors (Lipinski definition) is 1. The van der Waals surface area contributed by atoms with Crippen LogP contribution in [-0.4, -0.2) is 32.3 Å². The molecule has 1 N–H and O–H groups in total. The van der Waals surface area contributed by atoms with Gasteiger partial charge in [-0.3, -0.25) is 9.52 Å². The number of thiophene rings is 1. The Labute approximate surface area is 152 Å². The van der Waals surface area contributed by atoms with E-state index in [9.17, 15) is 13.2 Å². The maximum atomic E-state index is 12.7. The lowest BCUT2D eigenvalue weighted by Crippen LogP contribution is -2.35. The Hall–Kier alpha value is -1.86. The summed E-state index contributed by atoms with van der Waals surface area (Å²) in [6.45, 7) is 3.48. The number of anilines is 1. The molecule has 1 aliphatic rings. The molecule has 134 valence electrons. The molecule has 0 unspecified atom stereocenters. The molecule has 1 amide bonds. The van der Waals surface area contributed by atoms with Crippen molar-refractivity contribution in [1.29, 1.82) is 0 Å². The standard InChI is InChI=1S/C18H22N2O3S2/c1-2-14-8-4-5-9-16(14)19-25(22,23)17-12-15(13-24-17)18(21)20-10-6-3-7-11-20/h4-5,8-9,12-13,19H,2-3,6-7,10-11H2,1H3. The molecule has 5 nitrogen and oxygen atoms in total. The highest BCUT2D eigenvalue weighted by Gasteiger charge is 2.23. The monoisotopic (exact) mass is 378 g/mol. The molecule has 0 aliphatic carbocycles. The molecule has 7 heteroatoms. The molecule has 1 saturated heterocycles. The molecule has 0 saturated carbocycles. The quantitative estimate of drug-likeness (QED) is 0.862. The van der Waals surface area contributed by atoms with E-state index in [0.29, 0.717) is 11.3 Å². The van der Waals surface area contributed by atoms with Crippen molar-refractivity contribution in [3.05, 3.63) is 46.8 Å². The van der Waals surface area contributed by atoms with Crippen LogP contribution in [-0.2, 0) is 16.4 Å². The molecular formula is C18H22N2O3S2. The van der Waals surface area contributed by atoms with Crippen LogP contribution in [0.5, 0.6) is 0 Å². The number of nitrogens with one attached hydrogen (secondary N) is 1. The highest BCUT2D eigenvalue weighted by Crippen LogP contribution is 2.26. The van der Waals surface area contributed by atoms with Crippen LogP contribution in [0.25, 0.3) is 0 Å². The van der Waals surface area contributed by atoms with Gasteiger partial charge in [0, 0.05) is 18.5 Å². The molecule has 1 aliphatic heterocycles. The van der Waals surface area contributed by atoms with E-state index in [1.54, 1.807) is 17.5 Å². The van der Waals surface area contributed by atoms with Gasteiger partial charge in [0.15, 0.2) is 0 Å². The highest BCUT2D eigenvalue weighted by molar-refractivity contribution is 7.94. The molecule has 1 aromatic carbocycles. The smallest absolute Gasteiger partial charge is 0.271 e. The molecular weight excluding hydrogens is 356 g/mol. The molecule has 2 aromatic rings. The molecule has 1 aromatic heterocycles. The second-order valence-electron chi connectivity index (χ2n) is 6.12. The first-order valence-electron chi connectivity index (χ1n) is 8.50. The number of piperidine rings is 1. The summed E-state index contributed by atoms with van der Waals surface area (Å²) in [5, 5.41) is 1.64. The van der Waals surface area contributed by atoms with Crippen molar-refractivity contribution in [2.75, 3.05) is 17.8 Å². The predicted octanol–water partition coefficient (Wildman–Crippen LogP) is 3.74. The number of hydrogen-bond acceptors (Lipinski definition) is 4.